The highest BCUT2D eigenvalue weighted by atomic mass is 16.5. The number of primary amides is 1. The smallest absolute Gasteiger partial charge is 0.220 e. The molecule has 0 spiro atoms. The fourth-order valence-electron chi connectivity index (χ4n) is 1.37. The van der Waals surface area contributed by atoms with Crippen molar-refractivity contribution >= 4 is 5.91 Å². The van der Waals surface area contributed by atoms with Crippen molar-refractivity contribution < 1.29 is 19.7 Å². The molecule has 0 aliphatic rings. The van der Waals surface area contributed by atoms with Crippen LogP contribution in [-0.4, -0.2) is 29.3 Å². The molecule has 0 radical (unpaired) electrons. The van der Waals surface area contributed by atoms with E-state index in [4.69, 9.17) is 10.5 Å². The van der Waals surface area contributed by atoms with E-state index >= 15 is 0 Å². The van der Waals surface area contributed by atoms with Crippen molar-refractivity contribution in [2.24, 2.45) is 5.73 Å². The number of amides is 1. The molecule has 1 amide bonds. The minimum absolute atomic E-state index is 0.279. The summed E-state index contributed by atoms with van der Waals surface area (Å²) >= 11 is 0. The molecule has 0 saturated heterocycles. The lowest BCUT2D eigenvalue weighted by molar-refractivity contribution is -0.121. The van der Waals surface area contributed by atoms with Crippen LogP contribution in [0.3, 0.4) is 0 Å². The molecule has 0 aromatic heterocycles. The van der Waals surface area contributed by atoms with Gasteiger partial charge in [0, 0.05) is 0 Å². The fourth-order valence-corrected chi connectivity index (χ4v) is 1.37. The van der Waals surface area contributed by atoms with E-state index in [1.807, 2.05) is 0 Å². The van der Waals surface area contributed by atoms with Crippen molar-refractivity contribution in [3.05, 3.63) is 29.8 Å². The van der Waals surface area contributed by atoms with Crippen LogP contribution in [0.1, 0.15) is 18.1 Å². The second-order valence-electron chi connectivity index (χ2n) is 3.46. The normalized spacial score (nSPS) is 14.2. The van der Waals surface area contributed by atoms with Gasteiger partial charge in [-0.1, -0.05) is 12.1 Å². The van der Waals surface area contributed by atoms with Crippen LogP contribution in [0.4, 0.5) is 0 Å². The Hall–Kier alpha value is -1.59. The molecule has 1 aromatic carbocycles. The number of benzene rings is 1. The first kappa shape index (κ1) is 12.5. The first-order valence-electron chi connectivity index (χ1n) is 4.83. The van der Waals surface area contributed by atoms with Gasteiger partial charge < -0.3 is 20.7 Å². The third kappa shape index (κ3) is 3.22. The first-order valence-corrected chi connectivity index (χ1v) is 4.83. The average Bonchev–Trinajstić information content (AvgIpc) is 2.27. The zero-order chi connectivity index (χ0) is 12.1. The van der Waals surface area contributed by atoms with Crippen LogP contribution >= 0.6 is 0 Å². The molecule has 88 valence electrons. The maximum atomic E-state index is 10.6. The molecule has 2 unspecified atom stereocenters. The Morgan fingerprint density at radius 2 is 2.19 bits per heavy atom. The summed E-state index contributed by atoms with van der Waals surface area (Å²) in [7, 11) is 1.51. The van der Waals surface area contributed by atoms with Crippen LogP contribution in [0.2, 0.25) is 0 Å². The van der Waals surface area contributed by atoms with E-state index in [1.54, 1.807) is 24.3 Å². The molecular formula is C11H15NO4. The molecule has 5 heteroatoms. The van der Waals surface area contributed by atoms with Gasteiger partial charge in [-0.15, -0.1) is 0 Å². The van der Waals surface area contributed by atoms with Crippen LogP contribution in [-0.2, 0) is 4.79 Å². The van der Waals surface area contributed by atoms with E-state index < -0.39 is 18.1 Å². The number of carbonyl (C=O) groups is 1. The van der Waals surface area contributed by atoms with Gasteiger partial charge in [-0.25, -0.2) is 0 Å². The van der Waals surface area contributed by atoms with Gasteiger partial charge in [-0.3, -0.25) is 4.79 Å². The molecule has 4 N–H and O–H groups in total. The first-order chi connectivity index (χ1) is 7.54. The van der Waals surface area contributed by atoms with Crippen molar-refractivity contribution in [1.82, 2.24) is 0 Å². The highest BCUT2D eigenvalue weighted by molar-refractivity contribution is 5.74. The molecule has 0 aliphatic heterocycles. The summed E-state index contributed by atoms with van der Waals surface area (Å²) in [6.07, 6.45) is -2.63. The Kier molecular flexibility index (Phi) is 4.28. The third-order valence-corrected chi connectivity index (χ3v) is 2.21. The SMILES string of the molecule is COc1cccc(C(O)C(O)CC(N)=O)c1. The van der Waals surface area contributed by atoms with Gasteiger partial charge in [-0.2, -0.15) is 0 Å². The van der Waals surface area contributed by atoms with Gasteiger partial charge in [0.15, 0.2) is 0 Å². The highest BCUT2D eigenvalue weighted by Gasteiger charge is 2.20. The quantitative estimate of drug-likeness (QED) is 0.655. The molecule has 1 aromatic rings. The Morgan fingerprint density at radius 1 is 1.50 bits per heavy atom. The van der Waals surface area contributed by atoms with Gasteiger partial charge in [0.2, 0.25) is 5.91 Å². The van der Waals surface area contributed by atoms with Crippen molar-refractivity contribution in [3.63, 3.8) is 0 Å². The molecule has 0 aliphatic carbocycles. The monoisotopic (exact) mass is 225 g/mol. The van der Waals surface area contributed by atoms with Gasteiger partial charge in [0.05, 0.1) is 19.6 Å². The topological polar surface area (TPSA) is 92.8 Å². The number of aliphatic hydroxyl groups is 2. The summed E-state index contributed by atoms with van der Waals surface area (Å²) in [4.78, 5) is 10.6. The van der Waals surface area contributed by atoms with E-state index in [0.29, 0.717) is 11.3 Å². The number of hydrogen-bond acceptors (Lipinski definition) is 4. The number of carbonyl (C=O) groups excluding carboxylic acids is 1. The van der Waals surface area contributed by atoms with Crippen LogP contribution in [0.25, 0.3) is 0 Å². The maximum absolute atomic E-state index is 10.6. The van der Waals surface area contributed by atoms with Crippen molar-refractivity contribution in [1.29, 1.82) is 0 Å². The maximum Gasteiger partial charge on any atom is 0.220 e. The molecule has 5 nitrogen and oxygen atoms in total. The van der Waals surface area contributed by atoms with E-state index in [1.165, 1.54) is 7.11 Å². The van der Waals surface area contributed by atoms with Crippen LogP contribution in [0.15, 0.2) is 24.3 Å². The zero-order valence-corrected chi connectivity index (χ0v) is 8.96. The van der Waals surface area contributed by atoms with E-state index in [2.05, 4.69) is 0 Å². The Balaban J connectivity index is 2.78. The average molecular weight is 225 g/mol. The zero-order valence-electron chi connectivity index (χ0n) is 8.96. The lowest BCUT2D eigenvalue weighted by atomic mass is 10.0. The van der Waals surface area contributed by atoms with Crippen LogP contribution < -0.4 is 10.5 Å². The van der Waals surface area contributed by atoms with E-state index in [9.17, 15) is 15.0 Å². The lowest BCUT2D eigenvalue weighted by Gasteiger charge is -2.17. The number of aliphatic hydroxyl groups excluding tert-OH is 2. The number of rotatable bonds is 5. The predicted octanol–water partition coefficient (Wildman–Crippen LogP) is -0.0351. The van der Waals surface area contributed by atoms with Gasteiger partial charge >= 0.3 is 0 Å². The van der Waals surface area contributed by atoms with Crippen molar-refractivity contribution in [2.75, 3.05) is 7.11 Å². The van der Waals surface area contributed by atoms with Gasteiger partial charge in [0.1, 0.15) is 11.9 Å². The predicted molar refractivity (Wildman–Crippen MR) is 57.8 cm³/mol. The highest BCUT2D eigenvalue weighted by Crippen LogP contribution is 2.22. The second-order valence-corrected chi connectivity index (χ2v) is 3.46. The van der Waals surface area contributed by atoms with Gasteiger partial charge in [0.25, 0.3) is 0 Å². The molecular weight excluding hydrogens is 210 g/mol. The molecule has 1 rings (SSSR count). The molecule has 0 saturated carbocycles. The standard InChI is InChI=1S/C11H15NO4/c1-16-8-4-2-3-7(5-8)11(15)9(13)6-10(12)14/h2-5,9,11,13,15H,6H2,1H3,(H2,12,14). The number of nitrogens with two attached hydrogens (primary N) is 1. The molecule has 0 bridgehead atoms. The van der Waals surface area contributed by atoms with Gasteiger partial charge in [-0.05, 0) is 17.7 Å². The summed E-state index contributed by atoms with van der Waals surface area (Å²) in [5.74, 6) is -0.0859. The number of ether oxygens (including phenoxy) is 1. The summed E-state index contributed by atoms with van der Waals surface area (Å²) in [6, 6.07) is 6.64. The molecule has 2 atom stereocenters. The summed E-state index contributed by atoms with van der Waals surface area (Å²) in [6.45, 7) is 0. The minimum Gasteiger partial charge on any atom is -0.497 e. The summed E-state index contributed by atoms with van der Waals surface area (Å²) in [5, 5.41) is 19.3. The van der Waals surface area contributed by atoms with E-state index in [-0.39, 0.29) is 6.42 Å². The fraction of sp³-hybridized carbons (Fsp3) is 0.364. The summed E-state index contributed by atoms with van der Waals surface area (Å²) < 4.78 is 4.98. The number of methoxy groups -OCH3 is 1. The van der Waals surface area contributed by atoms with Crippen LogP contribution in [0.5, 0.6) is 5.75 Å². The van der Waals surface area contributed by atoms with Crippen molar-refractivity contribution in [3.8, 4) is 5.75 Å². The molecule has 16 heavy (non-hydrogen) atoms. The summed E-state index contributed by atoms with van der Waals surface area (Å²) in [5.41, 5.74) is 5.41. The number of hydrogen-bond donors (Lipinski definition) is 3. The minimum atomic E-state index is -1.20. The third-order valence-electron chi connectivity index (χ3n) is 2.21. The second kappa shape index (κ2) is 5.48. The van der Waals surface area contributed by atoms with E-state index in [0.717, 1.165) is 0 Å². The Bertz CT molecular complexity index is 367. The Morgan fingerprint density at radius 3 is 2.75 bits per heavy atom. The molecule has 0 heterocycles. The Labute approximate surface area is 93.5 Å². The largest absolute Gasteiger partial charge is 0.497 e. The van der Waals surface area contributed by atoms with Crippen LogP contribution in [0, 0.1) is 0 Å². The van der Waals surface area contributed by atoms with Crippen molar-refractivity contribution in [2.45, 2.75) is 18.6 Å². The lowest BCUT2D eigenvalue weighted by Crippen LogP contribution is -2.25. The molecule has 0 fully saturated rings.